The molecule has 35 heavy (non-hydrogen) atoms. The van der Waals surface area contributed by atoms with Crippen molar-refractivity contribution in [2.75, 3.05) is 11.1 Å². The molecule has 1 aromatic heterocycles. The lowest BCUT2D eigenvalue weighted by atomic mass is 10.0. The molecule has 0 spiro atoms. The van der Waals surface area contributed by atoms with Crippen LogP contribution in [0.4, 0.5) is 5.69 Å². The van der Waals surface area contributed by atoms with E-state index in [1.54, 1.807) is 12.1 Å². The van der Waals surface area contributed by atoms with Gasteiger partial charge in [0.05, 0.1) is 21.8 Å². The summed E-state index contributed by atoms with van der Waals surface area (Å²) < 4.78 is 2.87. The van der Waals surface area contributed by atoms with E-state index in [9.17, 15) is 9.59 Å². The summed E-state index contributed by atoms with van der Waals surface area (Å²) in [6.07, 6.45) is 0. The summed E-state index contributed by atoms with van der Waals surface area (Å²) >= 11 is 16.8. The average molecular weight is 599 g/mol. The van der Waals surface area contributed by atoms with Crippen LogP contribution < -0.4 is 10.6 Å². The highest BCUT2D eigenvalue weighted by Crippen LogP contribution is 2.27. The van der Waals surface area contributed by atoms with E-state index in [0.29, 0.717) is 33.1 Å². The summed E-state index contributed by atoms with van der Waals surface area (Å²) in [6, 6.07) is 10.0. The lowest BCUT2D eigenvalue weighted by Gasteiger charge is -2.22. The Bertz CT molecular complexity index is 1230. The minimum absolute atomic E-state index is 0.0396. The third-order valence-electron chi connectivity index (χ3n) is 5.27. The first-order chi connectivity index (χ1) is 16.6. The van der Waals surface area contributed by atoms with Crippen LogP contribution in [0, 0.1) is 12.8 Å². The first-order valence-corrected chi connectivity index (χ1v) is 13.5. The summed E-state index contributed by atoms with van der Waals surface area (Å²) in [6.45, 7) is 8.49. The van der Waals surface area contributed by atoms with E-state index in [4.69, 9.17) is 23.2 Å². The molecule has 1 atom stereocenters. The van der Waals surface area contributed by atoms with Gasteiger partial charge in [0, 0.05) is 22.3 Å². The molecule has 0 bridgehead atoms. The smallest absolute Gasteiger partial charge is 0.251 e. The van der Waals surface area contributed by atoms with Gasteiger partial charge in [0.25, 0.3) is 5.91 Å². The maximum Gasteiger partial charge on any atom is 0.251 e. The van der Waals surface area contributed by atoms with Crippen molar-refractivity contribution in [2.24, 2.45) is 5.92 Å². The van der Waals surface area contributed by atoms with Crippen molar-refractivity contribution in [2.45, 2.75) is 45.4 Å². The van der Waals surface area contributed by atoms with Gasteiger partial charge in [-0.25, -0.2) is 0 Å². The summed E-state index contributed by atoms with van der Waals surface area (Å²) in [7, 11) is 0. The van der Waals surface area contributed by atoms with Crippen molar-refractivity contribution in [3.8, 4) is 0 Å². The van der Waals surface area contributed by atoms with Crippen LogP contribution in [-0.2, 0) is 11.3 Å². The Morgan fingerprint density at radius 3 is 2.49 bits per heavy atom. The molecule has 186 valence electrons. The average Bonchev–Trinajstić information content (AvgIpc) is 3.21. The van der Waals surface area contributed by atoms with Crippen molar-refractivity contribution in [3.63, 3.8) is 0 Å². The Labute approximate surface area is 227 Å². The molecule has 0 radical (unpaired) electrons. The van der Waals surface area contributed by atoms with Crippen molar-refractivity contribution in [1.82, 2.24) is 20.1 Å². The molecule has 2 amide bonds. The molecule has 0 aliphatic heterocycles. The van der Waals surface area contributed by atoms with Crippen LogP contribution >= 0.6 is 50.9 Å². The lowest BCUT2D eigenvalue weighted by Crippen LogP contribution is -2.33. The van der Waals surface area contributed by atoms with E-state index in [1.165, 1.54) is 17.8 Å². The van der Waals surface area contributed by atoms with E-state index in [1.807, 2.05) is 50.5 Å². The van der Waals surface area contributed by atoms with Crippen molar-refractivity contribution >= 4 is 68.4 Å². The number of nitrogens with one attached hydrogen (secondary N) is 2. The van der Waals surface area contributed by atoms with Crippen LogP contribution in [0.25, 0.3) is 0 Å². The summed E-state index contributed by atoms with van der Waals surface area (Å²) in [5, 5.41) is 15.9. The summed E-state index contributed by atoms with van der Waals surface area (Å²) in [5.74, 6) is 0.419. The van der Waals surface area contributed by atoms with E-state index >= 15 is 0 Å². The normalized spacial score (nSPS) is 12.0. The molecule has 2 aromatic carbocycles. The number of thioether (sulfide) groups is 1. The molecule has 7 nitrogen and oxygen atoms in total. The number of carbonyl (C=O) groups is 2. The number of halogens is 3. The van der Waals surface area contributed by atoms with Crippen LogP contribution in [0.2, 0.25) is 10.0 Å². The van der Waals surface area contributed by atoms with E-state index in [2.05, 4.69) is 36.8 Å². The molecule has 0 saturated carbocycles. The molecule has 11 heteroatoms. The molecular formula is C24H26BrCl2N5O2S. The number of carbonyl (C=O) groups excluding carboxylic acids is 2. The van der Waals surface area contributed by atoms with E-state index in [-0.39, 0.29) is 23.5 Å². The Morgan fingerprint density at radius 1 is 1.11 bits per heavy atom. The molecule has 3 rings (SSSR count). The number of benzene rings is 2. The number of aryl methyl sites for hydroxylation is 1. The minimum atomic E-state index is -0.391. The van der Waals surface area contributed by atoms with Gasteiger partial charge in [-0.2, -0.15) is 0 Å². The van der Waals surface area contributed by atoms with Gasteiger partial charge in [0.15, 0.2) is 11.0 Å². The van der Waals surface area contributed by atoms with Crippen LogP contribution in [0.15, 0.2) is 46.0 Å². The van der Waals surface area contributed by atoms with E-state index in [0.717, 1.165) is 15.7 Å². The molecule has 1 heterocycles. The fraction of sp³-hybridized carbons (Fsp3) is 0.333. The number of rotatable bonds is 9. The predicted molar refractivity (Wildman–Crippen MR) is 145 cm³/mol. The second kappa shape index (κ2) is 12.3. The van der Waals surface area contributed by atoms with Crippen LogP contribution in [0.3, 0.4) is 0 Å². The Morgan fingerprint density at radius 2 is 1.86 bits per heavy atom. The second-order valence-electron chi connectivity index (χ2n) is 8.21. The van der Waals surface area contributed by atoms with Gasteiger partial charge in [-0.05, 0) is 61.7 Å². The number of hydrogen-bond donors (Lipinski definition) is 2. The maximum absolute atomic E-state index is 12.9. The highest BCUT2D eigenvalue weighted by Gasteiger charge is 2.26. The molecule has 0 unspecified atom stereocenters. The fourth-order valence-electron chi connectivity index (χ4n) is 3.41. The molecule has 0 aliphatic carbocycles. The highest BCUT2D eigenvalue weighted by molar-refractivity contribution is 9.10. The third-order valence-corrected chi connectivity index (χ3v) is 7.47. The van der Waals surface area contributed by atoms with Gasteiger partial charge < -0.3 is 15.2 Å². The Balaban J connectivity index is 1.72. The van der Waals surface area contributed by atoms with Crippen LogP contribution in [-0.4, -0.2) is 32.3 Å². The predicted octanol–water partition coefficient (Wildman–Crippen LogP) is 6.53. The van der Waals surface area contributed by atoms with Gasteiger partial charge in [-0.15, -0.1) is 10.2 Å². The third kappa shape index (κ3) is 7.00. The number of hydrogen-bond acceptors (Lipinski definition) is 5. The molecule has 3 aromatic rings. The van der Waals surface area contributed by atoms with Crippen molar-refractivity contribution < 1.29 is 9.59 Å². The number of amides is 2. The summed E-state index contributed by atoms with van der Waals surface area (Å²) in [4.78, 5) is 25.5. The van der Waals surface area contributed by atoms with Crippen molar-refractivity contribution in [3.05, 3.63) is 67.9 Å². The SMILES string of the molecule is CCn1c(SCC(=O)Nc2ccc(Br)cc2C)nnc1[C@@H](NC(=O)c1ccc(Cl)c(Cl)c1)C(C)C. The zero-order chi connectivity index (χ0) is 25.7. The quantitative estimate of drug-likeness (QED) is 0.273. The van der Waals surface area contributed by atoms with Crippen LogP contribution in [0.5, 0.6) is 0 Å². The first-order valence-electron chi connectivity index (χ1n) is 11.0. The van der Waals surface area contributed by atoms with Gasteiger partial charge >= 0.3 is 0 Å². The number of aromatic nitrogens is 3. The summed E-state index contributed by atoms with van der Waals surface area (Å²) in [5.41, 5.74) is 2.14. The Kier molecular flexibility index (Phi) is 9.63. The van der Waals surface area contributed by atoms with Crippen molar-refractivity contribution in [1.29, 1.82) is 0 Å². The van der Waals surface area contributed by atoms with Gasteiger partial charge in [0.2, 0.25) is 5.91 Å². The minimum Gasteiger partial charge on any atom is -0.342 e. The van der Waals surface area contributed by atoms with Gasteiger partial charge in [-0.3, -0.25) is 9.59 Å². The molecule has 0 saturated heterocycles. The monoisotopic (exact) mass is 597 g/mol. The number of nitrogens with zero attached hydrogens (tertiary/aromatic N) is 3. The molecule has 0 aliphatic rings. The topological polar surface area (TPSA) is 88.9 Å². The zero-order valence-electron chi connectivity index (χ0n) is 19.7. The second-order valence-corrected chi connectivity index (χ2v) is 10.9. The standard InChI is InChI=1S/C24H26BrCl2N5O2S/c1-5-32-22(21(13(2)3)29-23(34)15-6-8-17(26)18(27)11-15)30-31-24(32)35-12-20(33)28-19-9-7-16(25)10-14(19)4/h6-11,13,21H,5,12H2,1-4H3,(H,28,33)(H,29,34)/t21-/m0/s1. The first kappa shape index (κ1) is 27.5. The van der Waals surface area contributed by atoms with Crippen LogP contribution in [0.1, 0.15) is 48.6 Å². The van der Waals surface area contributed by atoms with Gasteiger partial charge in [-0.1, -0.05) is 64.7 Å². The molecule has 2 N–H and O–H groups in total. The molecular weight excluding hydrogens is 573 g/mol. The fourth-order valence-corrected chi connectivity index (χ4v) is 4.99. The highest BCUT2D eigenvalue weighted by atomic mass is 79.9. The lowest BCUT2D eigenvalue weighted by molar-refractivity contribution is -0.113. The van der Waals surface area contributed by atoms with Gasteiger partial charge in [0.1, 0.15) is 0 Å². The maximum atomic E-state index is 12.9. The number of anilines is 1. The Hall–Kier alpha value is -2.07. The largest absolute Gasteiger partial charge is 0.342 e. The zero-order valence-corrected chi connectivity index (χ0v) is 23.6. The molecule has 0 fully saturated rings. The van der Waals surface area contributed by atoms with E-state index < -0.39 is 6.04 Å².